The number of hydrogen-bond acceptors (Lipinski definition) is 2. The molecule has 0 aromatic carbocycles. The van der Waals surface area contributed by atoms with Crippen LogP contribution in [0.15, 0.2) is 4.91 Å². The minimum atomic E-state index is -3.05. The lowest BCUT2D eigenvalue weighted by Gasteiger charge is -1.87. The standard InChI is InChI=1S/C4H7O2S/c1-4(2)7(3,5)6/h1H,2-3H3. The lowest BCUT2D eigenvalue weighted by atomic mass is 10.8. The zero-order valence-corrected chi connectivity index (χ0v) is 5.12. The molecule has 0 aliphatic carbocycles. The van der Waals surface area contributed by atoms with Gasteiger partial charge in [-0.05, 0) is 13.5 Å². The molecule has 0 N–H and O–H groups in total. The van der Waals surface area contributed by atoms with E-state index >= 15 is 0 Å². The Bertz CT molecular complexity index is 164. The molecule has 0 aliphatic rings. The molecule has 41 valence electrons. The van der Waals surface area contributed by atoms with E-state index < -0.39 is 9.84 Å². The van der Waals surface area contributed by atoms with Crippen LogP contribution in [0.2, 0.25) is 0 Å². The first kappa shape index (κ1) is 6.69. The first-order valence-electron chi connectivity index (χ1n) is 1.73. The minimum absolute atomic E-state index is 0.0347. The third-order valence-electron chi connectivity index (χ3n) is 0.585. The maximum absolute atomic E-state index is 10.2. The molecule has 0 aromatic rings. The van der Waals surface area contributed by atoms with Gasteiger partial charge in [-0.1, -0.05) is 0 Å². The van der Waals surface area contributed by atoms with Gasteiger partial charge >= 0.3 is 0 Å². The summed E-state index contributed by atoms with van der Waals surface area (Å²) in [6.45, 7) is 6.25. The Labute approximate surface area is 43.8 Å². The predicted molar refractivity (Wildman–Crippen MR) is 28.3 cm³/mol. The number of sulfone groups is 1. The molecule has 0 spiro atoms. The summed E-state index contributed by atoms with van der Waals surface area (Å²) >= 11 is 0. The smallest absolute Gasteiger partial charge is 0.171 e. The Morgan fingerprint density at radius 2 is 1.71 bits per heavy atom. The first-order valence-corrected chi connectivity index (χ1v) is 3.63. The van der Waals surface area contributed by atoms with Crippen molar-refractivity contribution >= 4 is 9.84 Å². The van der Waals surface area contributed by atoms with Gasteiger partial charge in [-0.2, -0.15) is 0 Å². The molecule has 0 saturated carbocycles. The summed E-state index contributed by atoms with van der Waals surface area (Å²) in [7, 11) is -3.05. The van der Waals surface area contributed by atoms with Crippen LogP contribution in [-0.4, -0.2) is 14.7 Å². The Balaban J connectivity index is 4.43. The van der Waals surface area contributed by atoms with Crippen LogP contribution in [0.4, 0.5) is 0 Å². The summed E-state index contributed by atoms with van der Waals surface area (Å²) in [5.41, 5.74) is 0. The average Bonchev–Trinajstić information content (AvgIpc) is 1.31. The summed E-state index contributed by atoms with van der Waals surface area (Å²) in [5, 5.41) is 0. The molecule has 0 rings (SSSR count). The fourth-order valence-electron chi connectivity index (χ4n) is 0. The third-order valence-corrected chi connectivity index (χ3v) is 1.75. The van der Waals surface area contributed by atoms with Gasteiger partial charge in [0.25, 0.3) is 0 Å². The summed E-state index contributed by atoms with van der Waals surface area (Å²) in [4.78, 5) is -0.0347. The number of hydrogen-bond donors (Lipinski definition) is 0. The highest BCUT2D eigenvalue weighted by Crippen LogP contribution is 1.94. The van der Waals surface area contributed by atoms with Crippen LogP contribution in [0.3, 0.4) is 0 Å². The average molecular weight is 119 g/mol. The van der Waals surface area contributed by atoms with Crippen LogP contribution >= 0.6 is 0 Å². The number of allylic oxidation sites excluding steroid dienone is 1. The maximum atomic E-state index is 10.2. The second-order valence-corrected chi connectivity index (χ2v) is 3.57. The topological polar surface area (TPSA) is 34.1 Å². The van der Waals surface area contributed by atoms with Gasteiger partial charge < -0.3 is 0 Å². The van der Waals surface area contributed by atoms with Crippen LogP contribution in [0.1, 0.15) is 6.92 Å². The molecule has 1 radical (unpaired) electrons. The summed E-state index contributed by atoms with van der Waals surface area (Å²) in [6.07, 6.45) is 1.07. The minimum Gasteiger partial charge on any atom is -0.224 e. The molecule has 0 aliphatic heterocycles. The van der Waals surface area contributed by atoms with E-state index in [2.05, 4.69) is 0 Å². The van der Waals surface area contributed by atoms with Crippen molar-refractivity contribution in [3.05, 3.63) is 11.5 Å². The molecule has 3 heteroatoms. The molecule has 0 amide bonds. The third kappa shape index (κ3) is 2.39. The van der Waals surface area contributed by atoms with Crippen molar-refractivity contribution in [3.63, 3.8) is 0 Å². The van der Waals surface area contributed by atoms with E-state index in [-0.39, 0.29) is 4.91 Å². The lowest BCUT2D eigenvalue weighted by molar-refractivity contribution is 0.607. The monoisotopic (exact) mass is 119 g/mol. The Kier molecular flexibility index (Phi) is 1.58. The van der Waals surface area contributed by atoms with Crippen LogP contribution < -0.4 is 0 Å². The predicted octanol–water partition coefficient (Wildman–Crippen LogP) is 0.368. The van der Waals surface area contributed by atoms with E-state index in [9.17, 15) is 8.42 Å². The molecule has 7 heavy (non-hydrogen) atoms. The van der Waals surface area contributed by atoms with E-state index in [0.29, 0.717) is 0 Å². The highest BCUT2D eigenvalue weighted by atomic mass is 32.2. The summed E-state index contributed by atoms with van der Waals surface area (Å²) in [5.74, 6) is 0. The van der Waals surface area contributed by atoms with Crippen LogP contribution in [0.5, 0.6) is 0 Å². The molecular weight excluding hydrogens is 112 g/mol. The highest BCUT2D eigenvalue weighted by Gasteiger charge is 1.98. The van der Waals surface area contributed by atoms with Crippen molar-refractivity contribution in [2.24, 2.45) is 0 Å². The van der Waals surface area contributed by atoms with Crippen molar-refractivity contribution < 1.29 is 8.42 Å². The molecule has 0 unspecified atom stereocenters. The normalized spacial score (nSPS) is 11.1. The molecule has 0 saturated heterocycles. The zero-order valence-electron chi connectivity index (χ0n) is 4.30. The summed E-state index contributed by atoms with van der Waals surface area (Å²) < 4.78 is 20.3. The highest BCUT2D eigenvalue weighted by molar-refractivity contribution is 7.94. The zero-order chi connectivity index (χ0) is 6.08. The molecule has 0 aromatic heterocycles. The molecule has 0 heterocycles. The quantitative estimate of drug-likeness (QED) is 0.499. The largest absolute Gasteiger partial charge is 0.224 e. The Morgan fingerprint density at radius 3 is 1.71 bits per heavy atom. The molecule has 0 bridgehead atoms. The van der Waals surface area contributed by atoms with Gasteiger partial charge in [-0.15, -0.1) is 0 Å². The van der Waals surface area contributed by atoms with Gasteiger partial charge in [0.05, 0.1) is 0 Å². The molecular formula is C4H7O2S. The van der Waals surface area contributed by atoms with Crippen molar-refractivity contribution in [1.29, 1.82) is 0 Å². The SMILES string of the molecule is [CH]=C(C)S(C)(=O)=O. The van der Waals surface area contributed by atoms with Gasteiger partial charge in [-0.3, -0.25) is 0 Å². The van der Waals surface area contributed by atoms with Crippen LogP contribution in [0.25, 0.3) is 0 Å². The lowest BCUT2D eigenvalue weighted by Crippen LogP contribution is -1.94. The number of rotatable bonds is 1. The van der Waals surface area contributed by atoms with Crippen LogP contribution in [-0.2, 0) is 9.84 Å². The second-order valence-electron chi connectivity index (χ2n) is 1.38. The fourth-order valence-corrected chi connectivity index (χ4v) is 0. The fraction of sp³-hybridized carbons (Fsp3) is 0.500. The molecule has 0 fully saturated rings. The van der Waals surface area contributed by atoms with Gasteiger partial charge in [0.1, 0.15) is 0 Å². The summed E-state index contributed by atoms with van der Waals surface area (Å²) in [6, 6.07) is 0. The van der Waals surface area contributed by atoms with Gasteiger partial charge in [0.15, 0.2) is 9.84 Å². The second kappa shape index (κ2) is 1.66. The van der Waals surface area contributed by atoms with Crippen molar-refractivity contribution in [3.8, 4) is 0 Å². The van der Waals surface area contributed by atoms with E-state index in [4.69, 9.17) is 6.58 Å². The van der Waals surface area contributed by atoms with Crippen molar-refractivity contribution in [1.82, 2.24) is 0 Å². The van der Waals surface area contributed by atoms with Gasteiger partial charge in [-0.25, -0.2) is 8.42 Å². The van der Waals surface area contributed by atoms with Crippen molar-refractivity contribution in [2.75, 3.05) is 6.26 Å². The maximum Gasteiger partial charge on any atom is 0.171 e. The Hall–Kier alpha value is -0.310. The van der Waals surface area contributed by atoms with E-state index in [0.717, 1.165) is 6.26 Å². The molecule has 0 atom stereocenters. The van der Waals surface area contributed by atoms with E-state index in [1.54, 1.807) is 0 Å². The van der Waals surface area contributed by atoms with Crippen LogP contribution in [0, 0.1) is 6.58 Å². The van der Waals surface area contributed by atoms with E-state index in [1.807, 2.05) is 0 Å². The van der Waals surface area contributed by atoms with Gasteiger partial charge in [0.2, 0.25) is 0 Å². The van der Waals surface area contributed by atoms with Gasteiger partial charge in [0, 0.05) is 11.2 Å². The Morgan fingerprint density at radius 1 is 1.57 bits per heavy atom. The van der Waals surface area contributed by atoms with Crippen molar-refractivity contribution in [2.45, 2.75) is 6.92 Å². The van der Waals surface area contributed by atoms with E-state index in [1.165, 1.54) is 6.92 Å². The molecule has 2 nitrogen and oxygen atoms in total. The first-order chi connectivity index (χ1) is 2.94.